The molecule has 0 bridgehead atoms. The van der Waals surface area contributed by atoms with Gasteiger partial charge in [0.15, 0.2) is 0 Å². The second-order valence-corrected chi connectivity index (χ2v) is 7.32. The predicted molar refractivity (Wildman–Crippen MR) is 82.0 cm³/mol. The zero-order valence-corrected chi connectivity index (χ0v) is 13.1. The molecule has 108 valence electrons. The van der Waals surface area contributed by atoms with Crippen LogP contribution in [-0.2, 0) is 14.8 Å². The van der Waals surface area contributed by atoms with Gasteiger partial charge in [-0.1, -0.05) is 18.2 Å². The summed E-state index contributed by atoms with van der Waals surface area (Å²) in [5, 5.41) is 0. The number of benzene rings is 1. The Hall–Kier alpha value is -0.835. The lowest BCUT2D eigenvalue weighted by Gasteiger charge is -2.32. The van der Waals surface area contributed by atoms with Crippen molar-refractivity contribution in [1.82, 2.24) is 0 Å². The van der Waals surface area contributed by atoms with Gasteiger partial charge in [-0.3, -0.25) is 0 Å². The molecule has 0 amide bonds. The number of nitrogens with two attached hydrogens (primary N) is 1. The van der Waals surface area contributed by atoms with Gasteiger partial charge in [0.05, 0.1) is 11.2 Å². The van der Waals surface area contributed by atoms with Crippen LogP contribution in [0.5, 0.6) is 0 Å². The van der Waals surface area contributed by atoms with Crippen LogP contribution in [0.4, 0.5) is 0 Å². The second kappa shape index (κ2) is 4.09. The summed E-state index contributed by atoms with van der Waals surface area (Å²) in [5.74, 6) is 0. The number of hydrogen-bond donors (Lipinski definition) is 1. The van der Waals surface area contributed by atoms with E-state index in [9.17, 15) is 0 Å². The van der Waals surface area contributed by atoms with Gasteiger partial charge >= 0.3 is 7.12 Å². The van der Waals surface area contributed by atoms with Crippen molar-refractivity contribution in [3.63, 3.8) is 0 Å². The molecule has 0 unspecified atom stereocenters. The average Bonchev–Trinajstić information content (AvgIpc) is 3.02. The smallest absolute Gasteiger partial charge is 0.399 e. The van der Waals surface area contributed by atoms with Crippen LogP contribution in [0, 0.1) is 6.92 Å². The van der Waals surface area contributed by atoms with E-state index in [2.05, 4.69) is 52.8 Å². The van der Waals surface area contributed by atoms with E-state index in [0.29, 0.717) is 0 Å². The molecule has 1 heterocycles. The highest BCUT2D eigenvalue weighted by Crippen LogP contribution is 2.44. The van der Waals surface area contributed by atoms with Crippen LogP contribution in [0.15, 0.2) is 18.2 Å². The minimum absolute atomic E-state index is 0.121. The third kappa shape index (κ3) is 2.10. The van der Waals surface area contributed by atoms with Crippen molar-refractivity contribution < 1.29 is 9.31 Å². The largest absolute Gasteiger partial charge is 0.494 e. The van der Waals surface area contributed by atoms with Crippen LogP contribution in [0.1, 0.15) is 51.7 Å². The molecule has 0 radical (unpaired) electrons. The second-order valence-electron chi connectivity index (χ2n) is 7.32. The van der Waals surface area contributed by atoms with Gasteiger partial charge in [0.2, 0.25) is 0 Å². The fourth-order valence-electron chi connectivity index (χ4n) is 2.71. The van der Waals surface area contributed by atoms with Crippen molar-refractivity contribution in [3.8, 4) is 0 Å². The molecule has 2 N–H and O–H groups in total. The first-order valence-electron chi connectivity index (χ1n) is 7.40. The Balaban J connectivity index is 1.93. The third-order valence-corrected chi connectivity index (χ3v) is 5.11. The molecule has 4 heteroatoms. The van der Waals surface area contributed by atoms with Gasteiger partial charge in [-0.25, -0.2) is 0 Å². The molecule has 1 saturated carbocycles. The molecule has 1 saturated heterocycles. The number of hydrogen-bond acceptors (Lipinski definition) is 3. The highest BCUT2D eigenvalue weighted by molar-refractivity contribution is 6.62. The molecule has 1 aliphatic carbocycles. The van der Waals surface area contributed by atoms with E-state index in [-0.39, 0.29) is 23.9 Å². The standard InChI is InChI=1S/C16H24BNO2/c1-11-6-7-12(10-13(11)16(18)8-9-16)17-19-14(2,3)15(4,5)20-17/h6-7,10H,8-9,18H2,1-5H3. The molecule has 0 aromatic heterocycles. The minimum atomic E-state index is -0.304. The molecule has 1 aromatic carbocycles. The first-order valence-corrected chi connectivity index (χ1v) is 7.40. The Morgan fingerprint density at radius 2 is 1.60 bits per heavy atom. The van der Waals surface area contributed by atoms with Crippen molar-refractivity contribution >= 4 is 12.6 Å². The maximum atomic E-state index is 6.36. The summed E-state index contributed by atoms with van der Waals surface area (Å²) in [5.41, 5.74) is 9.20. The average molecular weight is 273 g/mol. The molecule has 2 fully saturated rings. The monoisotopic (exact) mass is 273 g/mol. The molecular weight excluding hydrogens is 249 g/mol. The first-order chi connectivity index (χ1) is 9.15. The summed E-state index contributed by atoms with van der Waals surface area (Å²) in [6, 6.07) is 6.39. The summed E-state index contributed by atoms with van der Waals surface area (Å²) in [6.07, 6.45) is 2.14. The van der Waals surface area contributed by atoms with E-state index in [0.717, 1.165) is 18.3 Å². The Kier molecular flexibility index (Phi) is 2.89. The normalized spacial score (nSPS) is 25.8. The lowest BCUT2D eigenvalue weighted by molar-refractivity contribution is 0.00578. The van der Waals surface area contributed by atoms with Crippen molar-refractivity contribution in [2.24, 2.45) is 5.73 Å². The van der Waals surface area contributed by atoms with Crippen LogP contribution in [0.3, 0.4) is 0 Å². The molecule has 20 heavy (non-hydrogen) atoms. The van der Waals surface area contributed by atoms with Gasteiger partial charge in [-0.2, -0.15) is 0 Å². The molecule has 3 nitrogen and oxygen atoms in total. The van der Waals surface area contributed by atoms with E-state index in [1.807, 2.05) is 0 Å². The van der Waals surface area contributed by atoms with E-state index < -0.39 is 0 Å². The fourth-order valence-corrected chi connectivity index (χ4v) is 2.71. The van der Waals surface area contributed by atoms with Crippen LogP contribution in [-0.4, -0.2) is 18.3 Å². The lowest BCUT2D eigenvalue weighted by atomic mass is 9.77. The maximum absolute atomic E-state index is 6.36. The van der Waals surface area contributed by atoms with E-state index in [4.69, 9.17) is 15.0 Å². The van der Waals surface area contributed by atoms with Crippen LogP contribution < -0.4 is 11.2 Å². The molecule has 1 aliphatic heterocycles. The third-order valence-electron chi connectivity index (χ3n) is 5.11. The summed E-state index contributed by atoms with van der Waals surface area (Å²) >= 11 is 0. The molecule has 0 spiro atoms. The molecule has 2 aliphatic rings. The van der Waals surface area contributed by atoms with Gasteiger partial charge in [0.25, 0.3) is 0 Å². The van der Waals surface area contributed by atoms with Crippen LogP contribution >= 0.6 is 0 Å². The molecule has 1 aromatic rings. The number of aryl methyl sites for hydroxylation is 1. The van der Waals surface area contributed by atoms with Gasteiger partial charge in [0, 0.05) is 5.54 Å². The predicted octanol–water partition coefficient (Wildman–Crippen LogP) is 2.24. The van der Waals surface area contributed by atoms with Crippen LogP contribution in [0.2, 0.25) is 0 Å². The zero-order chi connectivity index (χ0) is 14.8. The van der Waals surface area contributed by atoms with Gasteiger partial charge in [-0.15, -0.1) is 0 Å². The van der Waals surface area contributed by atoms with Crippen LogP contribution in [0.25, 0.3) is 0 Å². The summed E-state index contributed by atoms with van der Waals surface area (Å²) in [4.78, 5) is 0. The van der Waals surface area contributed by atoms with Crippen molar-refractivity contribution in [3.05, 3.63) is 29.3 Å². The highest BCUT2D eigenvalue weighted by atomic mass is 16.7. The molecule has 0 atom stereocenters. The van der Waals surface area contributed by atoms with Crippen molar-refractivity contribution in [1.29, 1.82) is 0 Å². The van der Waals surface area contributed by atoms with Gasteiger partial charge in [0.1, 0.15) is 0 Å². The first kappa shape index (κ1) is 14.1. The van der Waals surface area contributed by atoms with Gasteiger partial charge in [-0.05, 0) is 64.1 Å². The quantitative estimate of drug-likeness (QED) is 0.840. The van der Waals surface area contributed by atoms with Crippen molar-refractivity contribution in [2.75, 3.05) is 0 Å². The number of rotatable bonds is 2. The highest BCUT2D eigenvalue weighted by Gasteiger charge is 2.52. The molecule has 3 rings (SSSR count). The maximum Gasteiger partial charge on any atom is 0.494 e. The topological polar surface area (TPSA) is 44.5 Å². The van der Waals surface area contributed by atoms with Crippen molar-refractivity contribution in [2.45, 2.75) is 64.2 Å². The van der Waals surface area contributed by atoms with E-state index in [1.165, 1.54) is 11.1 Å². The Morgan fingerprint density at radius 1 is 1.05 bits per heavy atom. The fraction of sp³-hybridized carbons (Fsp3) is 0.625. The molecular formula is C16H24BNO2. The Bertz CT molecular complexity index is 533. The summed E-state index contributed by atoms with van der Waals surface area (Å²) in [7, 11) is -0.304. The minimum Gasteiger partial charge on any atom is -0.399 e. The van der Waals surface area contributed by atoms with Gasteiger partial charge < -0.3 is 15.0 Å². The Labute approximate surface area is 122 Å². The van der Waals surface area contributed by atoms with E-state index >= 15 is 0 Å². The summed E-state index contributed by atoms with van der Waals surface area (Å²) in [6.45, 7) is 10.4. The SMILES string of the molecule is Cc1ccc(B2OC(C)(C)C(C)(C)O2)cc1C1(N)CC1. The lowest BCUT2D eigenvalue weighted by Crippen LogP contribution is -2.41. The summed E-state index contributed by atoms with van der Waals surface area (Å²) < 4.78 is 12.2. The van der Waals surface area contributed by atoms with E-state index in [1.54, 1.807) is 0 Å². The zero-order valence-electron chi connectivity index (χ0n) is 13.1. The Morgan fingerprint density at radius 3 is 2.10 bits per heavy atom.